The maximum absolute atomic E-state index is 13.6. The first kappa shape index (κ1) is 40.9. The van der Waals surface area contributed by atoms with Crippen molar-refractivity contribution in [1.82, 2.24) is 30.4 Å². The smallest absolute Gasteiger partial charge is 0.407 e. The molecular formula is C44H54N6O7. The molecule has 302 valence electrons. The molecule has 1 aromatic heterocycles. The summed E-state index contributed by atoms with van der Waals surface area (Å²) in [5.41, 5.74) is 4.21. The van der Waals surface area contributed by atoms with Gasteiger partial charge in [0.1, 0.15) is 11.9 Å². The summed E-state index contributed by atoms with van der Waals surface area (Å²) in [6, 6.07) is 18.9. The van der Waals surface area contributed by atoms with Crippen molar-refractivity contribution in [3.63, 3.8) is 0 Å². The maximum Gasteiger partial charge on any atom is 0.407 e. The van der Waals surface area contributed by atoms with Crippen molar-refractivity contribution >= 4 is 40.6 Å². The van der Waals surface area contributed by atoms with Gasteiger partial charge in [-0.1, -0.05) is 64.1 Å². The average Bonchev–Trinajstić information content (AvgIpc) is 4.01. The van der Waals surface area contributed by atoms with Gasteiger partial charge in [0.15, 0.2) is 0 Å². The molecule has 4 amide bonds. The van der Waals surface area contributed by atoms with Crippen LogP contribution in [0.4, 0.5) is 4.79 Å². The molecule has 2 saturated heterocycles. The van der Waals surface area contributed by atoms with E-state index in [1.54, 1.807) is 17.2 Å². The van der Waals surface area contributed by atoms with Crippen molar-refractivity contribution in [3.05, 3.63) is 78.2 Å². The van der Waals surface area contributed by atoms with Crippen LogP contribution in [0.3, 0.4) is 0 Å². The van der Waals surface area contributed by atoms with Crippen LogP contribution in [0.15, 0.2) is 66.9 Å². The molecule has 3 heterocycles. The summed E-state index contributed by atoms with van der Waals surface area (Å²) in [6.45, 7) is 9.17. The zero-order chi connectivity index (χ0) is 40.8. The van der Waals surface area contributed by atoms with E-state index in [1.165, 1.54) is 14.2 Å². The van der Waals surface area contributed by atoms with Crippen molar-refractivity contribution in [2.75, 3.05) is 33.9 Å². The standard InChI is InChI=1S/C44H54N6O7/c1-26(2)35(23-38(51)56-5)42(53)49-18-8-12-34(49)24-46-41(52)33-11-7-10-28(22-33)29-14-15-31-21-32(17-16-30(31)20-29)36-25-45-40(47-36)37-13-9-19-50(37)43(54)39(27(3)4)48-44(55)57-6/h7,10-11,14-17,20-22,25-27,34-35,37,39H,8-9,12-13,18-19,23-24H2,1-6H3,(H,45,47)(H,46,52)(H,48,55)/t34-,35-,37-,39-/m0/s1. The summed E-state index contributed by atoms with van der Waals surface area (Å²) < 4.78 is 9.59. The Kier molecular flexibility index (Phi) is 13.0. The van der Waals surface area contributed by atoms with Crippen LogP contribution >= 0.6 is 0 Å². The number of esters is 1. The number of nitrogens with zero attached hydrogens (tertiary/aromatic N) is 3. The molecule has 3 aromatic carbocycles. The fourth-order valence-electron chi connectivity index (χ4n) is 8.01. The molecule has 57 heavy (non-hydrogen) atoms. The van der Waals surface area contributed by atoms with E-state index >= 15 is 0 Å². The van der Waals surface area contributed by atoms with Crippen molar-refractivity contribution in [2.45, 2.75) is 77.9 Å². The third-order valence-corrected chi connectivity index (χ3v) is 11.3. The Hall–Kier alpha value is -5.72. The summed E-state index contributed by atoms with van der Waals surface area (Å²) in [5.74, 6) is -0.721. The number of H-pyrrole nitrogens is 1. The number of aromatic amines is 1. The van der Waals surface area contributed by atoms with Crippen molar-refractivity contribution in [1.29, 1.82) is 0 Å². The van der Waals surface area contributed by atoms with Gasteiger partial charge in [-0.25, -0.2) is 9.78 Å². The van der Waals surface area contributed by atoms with Gasteiger partial charge in [-0.15, -0.1) is 0 Å². The lowest BCUT2D eigenvalue weighted by Crippen LogP contribution is -2.51. The maximum atomic E-state index is 13.6. The number of carbonyl (C=O) groups is 5. The zero-order valence-electron chi connectivity index (χ0n) is 33.7. The molecule has 13 heteroatoms. The van der Waals surface area contributed by atoms with Crippen LogP contribution in [0.25, 0.3) is 33.2 Å². The summed E-state index contributed by atoms with van der Waals surface area (Å²) in [7, 11) is 2.62. The van der Waals surface area contributed by atoms with Gasteiger partial charge < -0.3 is 34.9 Å². The molecule has 13 nitrogen and oxygen atoms in total. The lowest BCUT2D eigenvalue weighted by molar-refractivity contribution is -0.148. The third kappa shape index (κ3) is 9.30. The molecule has 6 rings (SSSR count). The first-order chi connectivity index (χ1) is 27.4. The topological polar surface area (TPSA) is 163 Å². The van der Waals surface area contributed by atoms with E-state index in [0.717, 1.165) is 58.8 Å². The van der Waals surface area contributed by atoms with E-state index in [1.807, 2.05) is 62.9 Å². The van der Waals surface area contributed by atoms with Gasteiger partial charge in [0.2, 0.25) is 11.8 Å². The summed E-state index contributed by atoms with van der Waals surface area (Å²) in [6.07, 6.45) is 4.44. The number of ether oxygens (including phenoxy) is 2. The quantitative estimate of drug-likeness (QED) is 0.130. The molecule has 0 aliphatic carbocycles. The number of amides is 4. The van der Waals surface area contributed by atoms with E-state index < -0.39 is 24.0 Å². The Bertz CT molecular complexity index is 2110. The highest BCUT2D eigenvalue weighted by Crippen LogP contribution is 2.34. The number of carbonyl (C=O) groups excluding carboxylic acids is 5. The van der Waals surface area contributed by atoms with Crippen LogP contribution in [0.5, 0.6) is 0 Å². The summed E-state index contributed by atoms with van der Waals surface area (Å²) in [4.78, 5) is 76.2. The average molecular weight is 779 g/mol. The van der Waals surface area contributed by atoms with Crippen LogP contribution in [-0.4, -0.2) is 95.5 Å². The van der Waals surface area contributed by atoms with E-state index in [2.05, 4.69) is 39.9 Å². The number of fused-ring (bicyclic) bond motifs is 1. The van der Waals surface area contributed by atoms with Crippen LogP contribution < -0.4 is 10.6 Å². The predicted octanol–water partition coefficient (Wildman–Crippen LogP) is 6.50. The number of hydrogen-bond donors (Lipinski definition) is 3. The minimum atomic E-state index is -0.700. The van der Waals surface area contributed by atoms with Gasteiger partial charge in [-0.2, -0.15) is 0 Å². The van der Waals surface area contributed by atoms with Crippen LogP contribution in [-0.2, 0) is 23.9 Å². The monoisotopic (exact) mass is 778 g/mol. The molecule has 0 radical (unpaired) electrons. The highest BCUT2D eigenvalue weighted by Gasteiger charge is 2.38. The molecule has 4 aromatic rings. The van der Waals surface area contributed by atoms with Gasteiger partial charge in [0, 0.05) is 36.8 Å². The van der Waals surface area contributed by atoms with Crippen molar-refractivity contribution in [3.8, 4) is 22.4 Å². The largest absolute Gasteiger partial charge is 0.469 e. The van der Waals surface area contributed by atoms with Gasteiger partial charge in [0.05, 0.1) is 44.5 Å². The van der Waals surface area contributed by atoms with E-state index in [9.17, 15) is 24.0 Å². The predicted molar refractivity (Wildman–Crippen MR) is 217 cm³/mol. The molecule has 0 saturated carbocycles. The highest BCUT2D eigenvalue weighted by atomic mass is 16.5. The summed E-state index contributed by atoms with van der Waals surface area (Å²) >= 11 is 0. The van der Waals surface area contributed by atoms with Gasteiger partial charge in [-0.3, -0.25) is 19.2 Å². The minimum Gasteiger partial charge on any atom is -0.469 e. The molecule has 4 atom stereocenters. The van der Waals surface area contributed by atoms with Crippen LogP contribution in [0, 0.1) is 17.8 Å². The number of nitrogens with one attached hydrogen (secondary N) is 3. The van der Waals surface area contributed by atoms with E-state index in [-0.39, 0.29) is 48.1 Å². The Balaban J connectivity index is 1.11. The second kappa shape index (κ2) is 18.0. The third-order valence-electron chi connectivity index (χ3n) is 11.3. The van der Waals surface area contributed by atoms with Crippen molar-refractivity contribution in [2.24, 2.45) is 17.8 Å². The Morgan fingerprint density at radius 1 is 0.807 bits per heavy atom. The van der Waals surface area contributed by atoms with Gasteiger partial charge in [-0.05, 0) is 83.7 Å². The van der Waals surface area contributed by atoms with Gasteiger partial charge >= 0.3 is 12.1 Å². The highest BCUT2D eigenvalue weighted by molar-refractivity contribution is 5.96. The molecule has 0 unspecified atom stereocenters. The molecule has 2 fully saturated rings. The van der Waals surface area contributed by atoms with Crippen LogP contribution in [0.1, 0.15) is 82.0 Å². The fourth-order valence-corrected chi connectivity index (χ4v) is 8.01. The fraction of sp³-hybridized carbons (Fsp3) is 0.455. The number of alkyl carbamates (subject to hydrolysis) is 1. The number of methoxy groups -OCH3 is 2. The zero-order valence-corrected chi connectivity index (χ0v) is 33.7. The molecular weight excluding hydrogens is 725 g/mol. The SMILES string of the molecule is COC(=O)C[C@H](C(=O)N1CCC[C@H]1CNC(=O)c1cccc(-c2ccc3cc(-c4cnc([C@@H]5CCCN5C(=O)[C@@H](NC(=O)OC)C(C)C)[nH]4)ccc3c2)c1)C(C)C. The number of rotatable bonds is 13. The van der Waals surface area contributed by atoms with E-state index in [0.29, 0.717) is 31.0 Å². The second-order valence-electron chi connectivity index (χ2n) is 15.8. The molecule has 2 aliphatic rings. The Morgan fingerprint density at radius 3 is 2.19 bits per heavy atom. The lowest BCUT2D eigenvalue weighted by Gasteiger charge is -2.30. The number of aromatic nitrogens is 2. The molecule has 2 aliphatic heterocycles. The number of hydrogen-bond acceptors (Lipinski definition) is 8. The molecule has 0 spiro atoms. The Labute approximate surface area is 333 Å². The minimum absolute atomic E-state index is 0.0199. The van der Waals surface area contributed by atoms with Crippen LogP contribution in [0.2, 0.25) is 0 Å². The van der Waals surface area contributed by atoms with Crippen molar-refractivity contribution < 1.29 is 33.4 Å². The number of likely N-dealkylation sites (tertiary alicyclic amines) is 2. The molecule has 0 bridgehead atoms. The Morgan fingerprint density at radius 2 is 1.49 bits per heavy atom. The molecule has 3 N–H and O–H groups in total. The lowest BCUT2D eigenvalue weighted by atomic mass is 9.91. The normalized spacial score (nSPS) is 17.8. The summed E-state index contributed by atoms with van der Waals surface area (Å²) in [5, 5.41) is 7.82. The number of benzene rings is 3. The van der Waals surface area contributed by atoms with E-state index in [4.69, 9.17) is 14.5 Å². The first-order valence-corrected chi connectivity index (χ1v) is 19.9. The first-order valence-electron chi connectivity index (χ1n) is 19.9. The second-order valence-corrected chi connectivity index (χ2v) is 15.8. The van der Waals surface area contributed by atoms with Gasteiger partial charge in [0.25, 0.3) is 5.91 Å². The number of imidazole rings is 1.